The van der Waals surface area contributed by atoms with Crippen LogP contribution in [0.1, 0.15) is 57.6 Å². The van der Waals surface area contributed by atoms with E-state index in [-0.39, 0.29) is 11.8 Å². The van der Waals surface area contributed by atoms with Gasteiger partial charge in [-0.15, -0.1) is 0 Å². The van der Waals surface area contributed by atoms with Gasteiger partial charge in [0.1, 0.15) is 0 Å². The molecule has 25 heavy (non-hydrogen) atoms. The van der Waals surface area contributed by atoms with E-state index in [1.807, 2.05) is 24.3 Å². The molecule has 7 heteroatoms. The van der Waals surface area contributed by atoms with Crippen LogP contribution in [0.25, 0.3) is 0 Å². The fraction of sp³-hybridized carbons (Fsp3) is 0.611. The molecular formula is C18H32N4O2S. The van der Waals surface area contributed by atoms with Crippen LogP contribution in [-0.4, -0.2) is 27.0 Å². The third-order valence-electron chi connectivity index (χ3n) is 3.64. The van der Waals surface area contributed by atoms with Crippen molar-refractivity contribution in [3.8, 4) is 0 Å². The Morgan fingerprint density at radius 2 is 1.84 bits per heavy atom. The van der Waals surface area contributed by atoms with Crippen molar-refractivity contribution in [2.75, 3.05) is 6.54 Å². The first-order valence-electron chi connectivity index (χ1n) is 8.94. The third kappa shape index (κ3) is 9.45. The van der Waals surface area contributed by atoms with Gasteiger partial charge in [0.25, 0.3) is 0 Å². The second-order valence-corrected chi connectivity index (χ2v) is 8.24. The van der Waals surface area contributed by atoms with Gasteiger partial charge in [-0.3, -0.25) is 0 Å². The third-order valence-corrected chi connectivity index (χ3v) is 5.16. The first-order valence-corrected chi connectivity index (χ1v) is 10.6. The number of hydrogen-bond acceptors (Lipinski definition) is 3. The van der Waals surface area contributed by atoms with Crippen LogP contribution in [-0.2, 0) is 22.3 Å². The van der Waals surface area contributed by atoms with Crippen LogP contribution in [0, 0.1) is 0 Å². The second-order valence-electron chi connectivity index (χ2n) is 6.49. The van der Waals surface area contributed by atoms with Crippen molar-refractivity contribution in [1.82, 2.24) is 10.0 Å². The van der Waals surface area contributed by atoms with Crippen molar-refractivity contribution in [2.24, 2.45) is 10.7 Å². The fourth-order valence-corrected chi connectivity index (χ4v) is 3.95. The molecule has 0 heterocycles. The second kappa shape index (κ2) is 11.1. The van der Waals surface area contributed by atoms with Crippen molar-refractivity contribution in [1.29, 1.82) is 0 Å². The van der Waals surface area contributed by atoms with E-state index in [1.54, 1.807) is 13.8 Å². The smallest absolute Gasteiger partial charge is 0.216 e. The van der Waals surface area contributed by atoms with E-state index in [0.717, 1.165) is 24.1 Å². The zero-order valence-electron chi connectivity index (χ0n) is 15.6. The minimum Gasteiger partial charge on any atom is -0.370 e. The topological polar surface area (TPSA) is 96.6 Å². The molecule has 0 aliphatic heterocycles. The minimum atomic E-state index is -3.36. The van der Waals surface area contributed by atoms with Gasteiger partial charge >= 0.3 is 0 Å². The number of hydrogen-bond donors (Lipinski definition) is 3. The molecule has 0 fully saturated rings. The molecule has 0 aliphatic carbocycles. The van der Waals surface area contributed by atoms with Crippen LogP contribution in [0.5, 0.6) is 0 Å². The average molecular weight is 369 g/mol. The summed E-state index contributed by atoms with van der Waals surface area (Å²) in [6.45, 7) is 6.96. The molecule has 0 bridgehead atoms. The lowest BCUT2D eigenvalue weighted by Gasteiger charge is -2.12. The molecule has 0 aliphatic rings. The number of nitrogens with one attached hydrogen (secondary N) is 2. The average Bonchev–Trinajstić information content (AvgIpc) is 2.52. The molecule has 0 atom stereocenters. The molecule has 0 unspecified atom stereocenters. The Bertz CT molecular complexity index is 642. The predicted octanol–water partition coefficient (Wildman–Crippen LogP) is 2.50. The summed E-state index contributed by atoms with van der Waals surface area (Å²) in [7, 11) is -3.36. The van der Waals surface area contributed by atoms with Crippen LogP contribution in [0.15, 0.2) is 29.3 Å². The largest absolute Gasteiger partial charge is 0.370 e. The quantitative estimate of drug-likeness (QED) is 0.318. The minimum absolute atomic E-state index is 0.0543. The highest BCUT2D eigenvalue weighted by Crippen LogP contribution is 2.13. The van der Waals surface area contributed by atoms with Gasteiger partial charge in [0.15, 0.2) is 5.96 Å². The van der Waals surface area contributed by atoms with Gasteiger partial charge in [0, 0.05) is 12.6 Å². The molecule has 1 aromatic rings. The zero-order chi connectivity index (χ0) is 18.7. The van der Waals surface area contributed by atoms with E-state index in [2.05, 4.69) is 22.0 Å². The number of benzene rings is 1. The Labute approximate surface area is 152 Å². The summed E-state index contributed by atoms with van der Waals surface area (Å²) in [5.74, 6) is 0.343. The lowest BCUT2D eigenvalue weighted by Crippen LogP contribution is -2.32. The number of unbranched alkanes of at least 4 members (excludes halogenated alkanes) is 3. The highest BCUT2D eigenvalue weighted by Gasteiger charge is 2.15. The molecule has 1 rings (SSSR count). The van der Waals surface area contributed by atoms with Gasteiger partial charge < -0.3 is 11.1 Å². The van der Waals surface area contributed by atoms with Crippen LogP contribution < -0.4 is 15.8 Å². The summed E-state index contributed by atoms with van der Waals surface area (Å²) < 4.78 is 26.9. The van der Waals surface area contributed by atoms with E-state index >= 15 is 0 Å². The molecule has 142 valence electrons. The molecule has 1 aromatic carbocycles. The van der Waals surface area contributed by atoms with Gasteiger partial charge in [-0.2, -0.15) is 0 Å². The number of rotatable bonds is 11. The van der Waals surface area contributed by atoms with Crippen LogP contribution in [0.3, 0.4) is 0 Å². The summed E-state index contributed by atoms with van der Waals surface area (Å²) in [6, 6.07) is 7.30. The Kier molecular flexibility index (Phi) is 9.52. The van der Waals surface area contributed by atoms with Crippen LogP contribution in [0.2, 0.25) is 0 Å². The van der Waals surface area contributed by atoms with Crippen molar-refractivity contribution in [2.45, 2.75) is 64.8 Å². The Morgan fingerprint density at radius 1 is 1.16 bits per heavy atom. The number of nitrogens with two attached hydrogens (primary N) is 1. The molecule has 4 N–H and O–H groups in total. The van der Waals surface area contributed by atoms with Crippen LogP contribution >= 0.6 is 0 Å². The number of sulfonamides is 1. The Morgan fingerprint density at radius 3 is 2.48 bits per heavy atom. The summed E-state index contributed by atoms with van der Waals surface area (Å²) >= 11 is 0. The van der Waals surface area contributed by atoms with Crippen molar-refractivity contribution in [3.63, 3.8) is 0 Å². The lowest BCUT2D eigenvalue weighted by atomic mass is 10.1. The van der Waals surface area contributed by atoms with Gasteiger partial charge in [-0.05, 0) is 31.4 Å². The van der Waals surface area contributed by atoms with E-state index in [9.17, 15) is 8.42 Å². The predicted molar refractivity (Wildman–Crippen MR) is 105 cm³/mol. The van der Waals surface area contributed by atoms with Gasteiger partial charge in [0.05, 0.1) is 12.3 Å². The lowest BCUT2D eigenvalue weighted by molar-refractivity contribution is 0.569. The summed E-state index contributed by atoms with van der Waals surface area (Å²) in [5, 5.41) is 3.10. The highest BCUT2D eigenvalue weighted by molar-refractivity contribution is 7.88. The molecule has 6 nitrogen and oxygen atoms in total. The zero-order valence-corrected chi connectivity index (χ0v) is 16.4. The molecule has 0 saturated heterocycles. The Balaban J connectivity index is 2.63. The molecule has 0 spiro atoms. The SMILES string of the molecule is CCCCCCNC(N)=NCc1ccccc1CS(=O)(=O)NC(C)C. The molecule has 0 amide bonds. The summed E-state index contributed by atoms with van der Waals surface area (Å²) in [4.78, 5) is 4.33. The standard InChI is InChI=1S/C18H32N4O2S/c1-4-5-6-9-12-20-18(19)21-13-16-10-7-8-11-17(16)14-25(23,24)22-15(2)3/h7-8,10-11,15,22H,4-6,9,12-14H2,1-3H3,(H3,19,20,21). The fourth-order valence-electron chi connectivity index (χ4n) is 2.45. The van der Waals surface area contributed by atoms with Crippen molar-refractivity contribution >= 4 is 16.0 Å². The molecular weight excluding hydrogens is 336 g/mol. The number of guanidine groups is 1. The van der Waals surface area contributed by atoms with E-state index < -0.39 is 10.0 Å². The van der Waals surface area contributed by atoms with Gasteiger partial charge in [-0.25, -0.2) is 18.1 Å². The van der Waals surface area contributed by atoms with E-state index in [1.165, 1.54) is 19.3 Å². The maximum Gasteiger partial charge on any atom is 0.216 e. The van der Waals surface area contributed by atoms with Gasteiger partial charge in [-0.1, -0.05) is 50.5 Å². The van der Waals surface area contributed by atoms with E-state index in [0.29, 0.717) is 12.5 Å². The first kappa shape index (κ1) is 21.4. The summed E-state index contributed by atoms with van der Waals surface area (Å²) in [6.07, 6.45) is 4.68. The van der Waals surface area contributed by atoms with Crippen molar-refractivity contribution < 1.29 is 8.42 Å². The number of aliphatic imine (C=N–C) groups is 1. The normalized spacial score (nSPS) is 12.6. The van der Waals surface area contributed by atoms with Gasteiger partial charge in [0.2, 0.25) is 10.0 Å². The molecule has 0 aromatic heterocycles. The maximum atomic E-state index is 12.1. The highest BCUT2D eigenvalue weighted by atomic mass is 32.2. The molecule has 0 radical (unpaired) electrons. The van der Waals surface area contributed by atoms with Crippen molar-refractivity contribution in [3.05, 3.63) is 35.4 Å². The summed E-state index contributed by atoms with van der Waals surface area (Å²) in [5.41, 5.74) is 7.50. The maximum absolute atomic E-state index is 12.1. The first-order chi connectivity index (χ1) is 11.8. The molecule has 0 saturated carbocycles. The number of nitrogens with zero attached hydrogens (tertiary/aromatic N) is 1. The van der Waals surface area contributed by atoms with E-state index in [4.69, 9.17) is 5.73 Å². The monoisotopic (exact) mass is 368 g/mol. The Hall–Kier alpha value is -1.60. The van der Waals surface area contributed by atoms with Crippen LogP contribution in [0.4, 0.5) is 0 Å².